The Morgan fingerprint density at radius 3 is 2.41 bits per heavy atom. The van der Waals surface area contributed by atoms with Crippen molar-refractivity contribution >= 4 is 40.3 Å². The summed E-state index contributed by atoms with van der Waals surface area (Å²) < 4.78 is 28.3. The third-order valence-corrected chi connectivity index (χ3v) is 4.68. The lowest BCUT2D eigenvalue weighted by molar-refractivity contribution is 0.152. The van der Waals surface area contributed by atoms with Gasteiger partial charge in [-0.3, -0.25) is 0 Å². The normalized spacial score (nSPS) is 12.1. The van der Waals surface area contributed by atoms with Crippen molar-refractivity contribution in [2.45, 2.75) is 32.6 Å². The number of hydrogen-bond donors (Lipinski definition) is 1. The van der Waals surface area contributed by atoms with Gasteiger partial charge in [0.1, 0.15) is 5.15 Å². The van der Waals surface area contributed by atoms with Crippen LogP contribution in [0.3, 0.4) is 0 Å². The van der Waals surface area contributed by atoms with Crippen LogP contribution in [0.15, 0.2) is 30.3 Å². The average Bonchev–Trinajstić information content (AvgIpc) is 2.88. The molecule has 0 bridgehead atoms. The largest absolute Gasteiger partial charge is 0.464 e. The highest BCUT2D eigenvalue weighted by molar-refractivity contribution is 6.31. The molecule has 0 saturated heterocycles. The zero-order valence-electron chi connectivity index (χ0n) is 14.7. The Balaban J connectivity index is 2.59. The first-order valence-electron chi connectivity index (χ1n) is 8.05. The van der Waals surface area contributed by atoms with Crippen LogP contribution in [0.25, 0.3) is 22.3 Å². The van der Waals surface area contributed by atoms with Gasteiger partial charge in [0.05, 0.1) is 5.69 Å². The Kier molecular flexibility index (Phi) is 4.91. The number of benzene rings is 1. The molecule has 0 atom stereocenters. The molecule has 8 heteroatoms. The smallest absolute Gasteiger partial charge is 0.417 e. The fraction of sp³-hybridized carbons (Fsp3) is 0.263. The molecule has 1 aromatic carbocycles. The molecule has 0 aliphatic carbocycles. The van der Waals surface area contributed by atoms with Crippen LogP contribution in [0.2, 0.25) is 10.2 Å². The molecule has 0 spiro atoms. The number of rotatable bonds is 2. The van der Waals surface area contributed by atoms with Crippen LogP contribution in [0.1, 0.15) is 38.3 Å². The van der Waals surface area contributed by atoms with E-state index in [0.29, 0.717) is 10.9 Å². The molecule has 3 rings (SSSR count). The number of hydrogen-bond acceptors (Lipinski definition) is 2. The summed E-state index contributed by atoms with van der Waals surface area (Å²) in [6.45, 7) is 5.62. The van der Waals surface area contributed by atoms with E-state index in [1.165, 1.54) is 18.2 Å². The molecule has 3 aromatic rings. The zero-order valence-corrected chi connectivity index (χ0v) is 16.2. The minimum absolute atomic E-state index is 0.0546. The predicted molar refractivity (Wildman–Crippen MR) is 102 cm³/mol. The maximum Gasteiger partial charge on any atom is 0.417 e. The summed E-state index contributed by atoms with van der Waals surface area (Å²) in [6.07, 6.45) is -4.15. The van der Waals surface area contributed by atoms with E-state index in [1.807, 2.05) is 20.8 Å². The highest BCUT2D eigenvalue weighted by atomic mass is 35.5. The van der Waals surface area contributed by atoms with Gasteiger partial charge in [0.25, 0.3) is 6.43 Å². The van der Waals surface area contributed by atoms with Gasteiger partial charge in [0.15, 0.2) is 5.65 Å². The third kappa shape index (κ3) is 3.39. The van der Waals surface area contributed by atoms with Gasteiger partial charge in [-0.15, -0.1) is 0 Å². The van der Waals surface area contributed by atoms with Crippen molar-refractivity contribution in [2.75, 3.05) is 0 Å². The van der Waals surface area contributed by atoms with Gasteiger partial charge >= 0.3 is 6.09 Å². The summed E-state index contributed by atoms with van der Waals surface area (Å²) in [5.74, 6) is 0. The Morgan fingerprint density at radius 1 is 1.19 bits per heavy atom. The van der Waals surface area contributed by atoms with Gasteiger partial charge in [-0.25, -0.2) is 23.1 Å². The summed E-state index contributed by atoms with van der Waals surface area (Å²) in [7, 11) is 0. The second-order valence-electron chi connectivity index (χ2n) is 7.13. The second-order valence-corrected chi connectivity index (χ2v) is 7.95. The zero-order chi connectivity index (χ0) is 20.1. The number of alkyl halides is 2. The lowest BCUT2D eigenvalue weighted by Gasteiger charge is -2.22. The maximum absolute atomic E-state index is 13.7. The van der Waals surface area contributed by atoms with Crippen molar-refractivity contribution in [2.24, 2.45) is 0 Å². The lowest BCUT2D eigenvalue weighted by Crippen LogP contribution is -2.16. The number of nitrogens with zero attached hydrogens (tertiary/aromatic N) is 2. The van der Waals surface area contributed by atoms with Gasteiger partial charge < -0.3 is 5.11 Å². The molecule has 0 fully saturated rings. The monoisotopic (exact) mass is 412 g/mol. The number of carbonyl (C=O) groups is 1. The first-order chi connectivity index (χ1) is 12.5. The molecule has 2 aromatic heterocycles. The Morgan fingerprint density at radius 2 is 1.85 bits per heavy atom. The van der Waals surface area contributed by atoms with Crippen molar-refractivity contribution in [3.63, 3.8) is 0 Å². The first-order valence-corrected chi connectivity index (χ1v) is 8.80. The van der Waals surface area contributed by atoms with Crippen molar-refractivity contribution in [1.82, 2.24) is 9.55 Å². The number of fused-ring (bicyclic) bond motifs is 1. The second kappa shape index (κ2) is 6.77. The van der Waals surface area contributed by atoms with Gasteiger partial charge in [-0.05, 0) is 35.2 Å². The van der Waals surface area contributed by atoms with Crippen LogP contribution in [-0.4, -0.2) is 20.8 Å². The SMILES string of the molecule is CC(C)(C)c1c(-c2cc(Cl)ccc2C(F)F)n(C(=O)O)c2nc(Cl)ccc12. The highest BCUT2D eigenvalue weighted by Crippen LogP contribution is 2.44. The van der Waals surface area contributed by atoms with Crippen LogP contribution in [0.4, 0.5) is 13.6 Å². The molecule has 0 aliphatic heterocycles. The van der Waals surface area contributed by atoms with Crippen LogP contribution in [0, 0.1) is 0 Å². The standard InChI is InChI=1S/C19H16Cl2F2N2O2/c1-19(2,3)14-11-6-7-13(21)24-17(11)25(18(26)27)15(14)12-8-9(20)4-5-10(12)16(22)23/h4-8,16H,1-3H3,(H,26,27). The number of aromatic nitrogens is 2. The van der Waals surface area contributed by atoms with Crippen molar-refractivity contribution in [3.8, 4) is 11.3 Å². The number of halogens is 4. The fourth-order valence-corrected chi connectivity index (χ4v) is 3.58. The minimum Gasteiger partial charge on any atom is -0.464 e. The Labute approximate surface area is 164 Å². The van der Waals surface area contributed by atoms with E-state index in [-0.39, 0.29) is 32.6 Å². The van der Waals surface area contributed by atoms with E-state index in [0.717, 1.165) is 4.57 Å². The van der Waals surface area contributed by atoms with Crippen LogP contribution in [-0.2, 0) is 5.41 Å². The first kappa shape index (κ1) is 19.6. The average molecular weight is 413 g/mol. The summed E-state index contributed by atoms with van der Waals surface area (Å²) >= 11 is 12.0. The lowest BCUT2D eigenvalue weighted by atomic mass is 9.83. The van der Waals surface area contributed by atoms with Crippen molar-refractivity contribution in [1.29, 1.82) is 0 Å². The molecule has 142 valence electrons. The van der Waals surface area contributed by atoms with E-state index >= 15 is 0 Å². The molecule has 1 N–H and O–H groups in total. The predicted octanol–water partition coefficient (Wildman–Crippen LogP) is 6.77. The van der Waals surface area contributed by atoms with Crippen LogP contribution < -0.4 is 0 Å². The van der Waals surface area contributed by atoms with Gasteiger partial charge in [-0.1, -0.05) is 50.0 Å². The molecule has 2 heterocycles. The van der Waals surface area contributed by atoms with Crippen molar-refractivity contribution in [3.05, 3.63) is 51.6 Å². The van der Waals surface area contributed by atoms with E-state index in [2.05, 4.69) is 4.98 Å². The molecular formula is C19H16Cl2F2N2O2. The van der Waals surface area contributed by atoms with Crippen molar-refractivity contribution < 1.29 is 18.7 Å². The van der Waals surface area contributed by atoms with E-state index in [9.17, 15) is 18.7 Å². The highest BCUT2D eigenvalue weighted by Gasteiger charge is 2.32. The minimum atomic E-state index is -2.80. The molecule has 27 heavy (non-hydrogen) atoms. The molecule has 0 saturated carbocycles. The molecule has 4 nitrogen and oxygen atoms in total. The van der Waals surface area contributed by atoms with E-state index in [4.69, 9.17) is 23.2 Å². The Bertz CT molecular complexity index is 1060. The van der Waals surface area contributed by atoms with Crippen LogP contribution >= 0.6 is 23.2 Å². The maximum atomic E-state index is 13.7. The number of pyridine rings is 1. The molecule has 0 amide bonds. The molecule has 0 unspecified atom stereocenters. The van der Waals surface area contributed by atoms with Gasteiger partial charge in [0, 0.05) is 21.5 Å². The molecule has 0 radical (unpaired) electrons. The number of carboxylic acid groups (broad SMARTS) is 1. The van der Waals surface area contributed by atoms with Gasteiger partial charge in [-0.2, -0.15) is 0 Å². The summed E-state index contributed by atoms with van der Waals surface area (Å²) in [4.78, 5) is 16.2. The van der Waals surface area contributed by atoms with E-state index < -0.39 is 17.9 Å². The quantitative estimate of drug-likeness (QED) is 0.472. The van der Waals surface area contributed by atoms with Crippen LogP contribution in [0.5, 0.6) is 0 Å². The summed E-state index contributed by atoms with van der Waals surface area (Å²) in [5.41, 5.74) is -0.0212. The van der Waals surface area contributed by atoms with Gasteiger partial charge in [0.2, 0.25) is 0 Å². The molecule has 0 aliphatic rings. The molecular weight excluding hydrogens is 397 g/mol. The topological polar surface area (TPSA) is 55.1 Å². The third-order valence-electron chi connectivity index (χ3n) is 4.23. The fourth-order valence-electron chi connectivity index (χ4n) is 3.26. The summed E-state index contributed by atoms with van der Waals surface area (Å²) in [5, 5.41) is 10.7. The Hall–Kier alpha value is -2.18. The van der Waals surface area contributed by atoms with E-state index in [1.54, 1.807) is 12.1 Å². The summed E-state index contributed by atoms with van der Waals surface area (Å²) in [6, 6.07) is 7.11.